The molecule has 21 heavy (non-hydrogen) atoms. The minimum Gasteiger partial charge on any atom is -0.353 e. The SMILES string of the molecule is O=C(CSc1nccc(C(F)(F)F)n1)NC1CCCCC1. The second-order valence-electron chi connectivity index (χ2n) is 4.91. The molecule has 1 saturated carbocycles. The lowest BCUT2D eigenvalue weighted by molar-refractivity contribution is -0.141. The number of nitrogens with zero attached hydrogens (tertiary/aromatic N) is 2. The molecule has 1 amide bonds. The highest BCUT2D eigenvalue weighted by Crippen LogP contribution is 2.28. The van der Waals surface area contributed by atoms with Gasteiger partial charge in [0.15, 0.2) is 5.16 Å². The molecule has 1 aliphatic carbocycles. The van der Waals surface area contributed by atoms with Gasteiger partial charge < -0.3 is 5.32 Å². The molecule has 1 aliphatic rings. The number of hydrogen-bond donors (Lipinski definition) is 1. The molecular formula is C13H16F3N3OS. The zero-order valence-corrected chi connectivity index (χ0v) is 12.1. The highest BCUT2D eigenvalue weighted by atomic mass is 32.2. The van der Waals surface area contributed by atoms with E-state index >= 15 is 0 Å². The Hall–Kier alpha value is -1.31. The van der Waals surface area contributed by atoms with Crippen molar-refractivity contribution in [2.75, 3.05) is 5.75 Å². The van der Waals surface area contributed by atoms with Crippen LogP contribution in [0.15, 0.2) is 17.4 Å². The molecule has 1 fully saturated rings. The summed E-state index contributed by atoms with van der Waals surface area (Å²) in [6.45, 7) is 0. The van der Waals surface area contributed by atoms with E-state index in [4.69, 9.17) is 0 Å². The first-order valence-electron chi connectivity index (χ1n) is 6.77. The van der Waals surface area contributed by atoms with Gasteiger partial charge in [-0.1, -0.05) is 31.0 Å². The van der Waals surface area contributed by atoms with Gasteiger partial charge in [-0.05, 0) is 18.9 Å². The molecule has 8 heteroatoms. The molecule has 0 saturated heterocycles. The summed E-state index contributed by atoms with van der Waals surface area (Å²) in [6, 6.07) is 1.00. The van der Waals surface area contributed by atoms with E-state index in [0.717, 1.165) is 49.7 Å². The van der Waals surface area contributed by atoms with Crippen LogP contribution in [0.25, 0.3) is 0 Å². The monoisotopic (exact) mass is 319 g/mol. The minimum atomic E-state index is -4.50. The van der Waals surface area contributed by atoms with E-state index in [0.29, 0.717) is 0 Å². The maximum atomic E-state index is 12.5. The van der Waals surface area contributed by atoms with E-state index in [1.807, 2.05) is 0 Å². The molecule has 1 aromatic heterocycles. The molecule has 0 aromatic carbocycles. The van der Waals surface area contributed by atoms with Gasteiger partial charge in [0.2, 0.25) is 5.91 Å². The van der Waals surface area contributed by atoms with E-state index in [1.54, 1.807) is 0 Å². The van der Waals surface area contributed by atoms with Crippen molar-refractivity contribution >= 4 is 17.7 Å². The fourth-order valence-electron chi connectivity index (χ4n) is 2.21. The normalized spacial score (nSPS) is 16.7. The number of carbonyl (C=O) groups is 1. The zero-order valence-electron chi connectivity index (χ0n) is 11.3. The maximum absolute atomic E-state index is 12.5. The van der Waals surface area contributed by atoms with Gasteiger partial charge in [0.1, 0.15) is 5.69 Å². The molecule has 1 heterocycles. The van der Waals surface area contributed by atoms with E-state index < -0.39 is 11.9 Å². The average Bonchev–Trinajstić information content (AvgIpc) is 2.46. The number of aromatic nitrogens is 2. The summed E-state index contributed by atoms with van der Waals surface area (Å²) in [5.41, 5.74) is -0.993. The van der Waals surface area contributed by atoms with E-state index in [2.05, 4.69) is 15.3 Å². The quantitative estimate of drug-likeness (QED) is 0.684. The summed E-state index contributed by atoms with van der Waals surface area (Å²) >= 11 is 0.913. The molecule has 2 rings (SSSR count). The largest absolute Gasteiger partial charge is 0.433 e. The van der Waals surface area contributed by atoms with Crippen LogP contribution in [0.2, 0.25) is 0 Å². The molecular weight excluding hydrogens is 303 g/mol. The van der Waals surface area contributed by atoms with Gasteiger partial charge in [0, 0.05) is 12.2 Å². The lowest BCUT2D eigenvalue weighted by Crippen LogP contribution is -2.37. The number of amides is 1. The Balaban J connectivity index is 1.83. The molecule has 0 atom stereocenters. The van der Waals surface area contributed by atoms with Crippen LogP contribution in [-0.2, 0) is 11.0 Å². The number of rotatable bonds is 4. The third-order valence-corrected chi connectivity index (χ3v) is 4.09. The van der Waals surface area contributed by atoms with Crippen molar-refractivity contribution in [2.24, 2.45) is 0 Å². The Morgan fingerprint density at radius 2 is 2.05 bits per heavy atom. The first kappa shape index (κ1) is 16.1. The molecule has 0 aliphatic heterocycles. The topological polar surface area (TPSA) is 54.9 Å². The van der Waals surface area contributed by atoms with Crippen LogP contribution in [0.1, 0.15) is 37.8 Å². The molecule has 0 unspecified atom stereocenters. The van der Waals surface area contributed by atoms with Crippen molar-refractivity contribution in [1.29, 1.82) is 0 Å². The van der Waals surface area contributed by atoms with Crippen molar-refractivity contribution in [2.45, 2.75) is 49.5 Å². The van der Waals surface area contributed by atoms with Gasteiger partial charge >= 0.3 is 6.18 Å². The van der Waals surface area contributed by atoms with Crippen LogP contribution in [0.3, 0.4) is 0 Å². The molecule has 0 bridgehead atoms. The van der Waals surface area contributed by atoms with Crippen molar-refractivity contribution in [3.8, 4) is 0 Å². The lowest BCUT2D eigenvalue weighted by Gasteiger charge is -2.22. The molecule has 0 spiro atoms. The highest BCUT2D eigenvalue weighted by Gasteiger charge is 2.32. The number of nitrogens with one attached hydrogen (secondary N) is 1. The fraction of sp³-hybridized carbons (Fsp3) is 0.615. The zero-order chi connectivity index (χ0) is 15.3. The van der Waals surface area contributed by atoms with Crippen LogP contribution in [-0.4, -0.2) is 27.7 Å². The molecule has 4 nitrogen and oxygen atoms in total. The minimum absolute atomic E-state index is 0.0256. The number of hydrogen-bond acceptors (Lipinski definition) is 4. The first-order valence-corrected chi connectivity index (χ1v) is 7.76. The van der Waals surface area contributed by atoms with E-state index in [9.17, 15) is 18.0 Å². The Morgan fingerprint density at radius 1 is 1.33 bits per heavy atom. The summed E-state index contributed by atoms with van der Waals surface area (Å²) in [5.74, 6) is -0.162. The molecule has 116 valence electrons. The van der Waals surface area contributed by atoms with Gasteiger partial charge in [-0.25, -0.2) is 9.97 Å². The Morgan fingerprint density at radius 3 is 2.71 bits per heavy atom. The van der Waals surface area contributed by atoms with Crippen LogP contribution in [0.5, 0.6) is 0 Å². The van der Waals surface area contributed by atoms with Gasteiger partial charge in [-0.3, -0.25) is 4.79 Å². The standard InChI is InChI=1S/C13H16F3N3OS/c14-13(15,16)10-6-7-17-12(19-10)21-8-11(20)18-9-4-2-1-3-5-9/h6-7,9H,1-5,8H2,(H,18,20). The van der Waals surface area contributed by atoms with Crippen LogP contribution < -0.4 is 5.32 Å². The van der Waals surface area contributed by atoms with E-state index in [-0.39, 0.29) is 22.9 Å². The second kappa shape index (κ2) is 7.11. The smallest absolute Gasteiger partial charge is 0.353 e. The number of halogens is 3. The third-order valence-electron chi connectivity index (χ3n) is 3.23. The summed E-state index contributed by atoms with van der Waals surface area (Å²) < 4.78 is 37.5. The van der Waals surface area contributed by atoms with Gasteiger partial charge in [0.25, 0.3) is 0 Å². The number of alkyl halides is 3. The molecule has 0 radical (unpaired) electrons. The van der Waals surface area contributed by atoms with Crippen molar-refractivity contribution < 1.29 is 18.0 Å². The predicted molar refractivity (Wildman–Crippen MR) is 72.8 cm³/mol. The van der Waals surface area contributed by atoms with Crippen molar-refractivity contribution in [3.05, 3.63) is 18.0 Å². The highest BCUT2D eigenvalue weighted by molar-refractivity contribution is 7.99. The van der Waals surface area contributed by atoms with E-state index in [1.165, 1.54) is 6.42 Å². The van der Waals surface area contributed by atoms with Crippen molar-refractivity contribution in [3.63, 3.8) is 0 Å². The third kappa shape index (κ3) is 5.18. The lowest BCUT2D eigenvalue weighted by atomic mass is 9.95. The van der Waals surface area contributed by atoms with Gasteiger partial charge in [0.05, 0.1) is 5.75 Å². The Labute approximate surface area is 124 Å². The molecule has 1 aromatic rings. The van der Waals surface area contributed by atoms with Crippen LogP contribution >= 0.6 is 11.8 Å². The average molecular weight is 319 g/mol. The maximum Gasteiger partial charge on any atom is 0.433 e. The Bertz CT molecular complexity index is 490. The summed E-state index contributed by atoms with van der Waals surface area (Å²) in [5, 5.41) is 2.86. The first-order chi connectivity index (χ1) is 9.95. The number of thioether (sulfide) groups is 1. The summed E-state index contributed by atoms with van der Waals surface area (Å²) in [4.78, 5) is 18.9. The molecule has 1 N–H and O–H groups in total. The second-order valence-corrected chi connectivity index (χ2v) is 5.86. The summed E-state index contributed by atoms with van der Waals surface area (Å²) in [7, 11) is 0. The van der Waals surface area contributed by atoms with Crippen LogP contribution in [0, 0.1) is 0 Å². The van der Waals surface area contributed by atoms with Gasteiger partial charge in [-0.15, -0.1) is 0 Å². The summed E-state index contributed by atoms with van der Waals surface area (Å²) in [6.07, 6.45) is 1.90. The van der Waals surface area contributed by atoms with Gasteiger partial charge in [-0.2, -0.15) is 13.2 Å². The fourth-order valence-corrected chi connectivity index (χ4v) is 2.86. The predicted octanol–water partition coefficient (Wildman–Crippen LogP) is 3.04. The van der Waals surface area contributed by atoms with Crippen LogP contribution in [0.4, 0.5) is 13.2 Å². The number of carbonyl (C=O) groups excluding carboxylic acids is 1. The van der Waals surface area contributed by atoms with Crippen molar-refractivity contribution in [1.82, 2.24) is 15.3 Å². The Kier molecular flexibility index (Phi) is 5.44.